The Morgan fingerprint density at radius 3 is 1.48 bits per heavy atom. The summed E-state index contributed by atoms with van der Waals surface area (Å²) in [6.07, 6.45) is 0. The van der Waals surface area contributed by atoms with Gasteiger partial charge in [-0.05, 0) is 120 Å². The van der Waals surface area contributed by atoms with Gasteiger partial charge in [0, 0.05) is 47.6 Å². The summed E-state index contributed by atoms with van der Waals surface area (Å²) >= 11 is 1.79. The lowest BCUT2D eigenvalue weighted by molar-refractivity contribution is 0.669. The quantitative estimate of drug-likeness (QED) is 0.167. The summed E-state index contributed by atoms with van der Waals surface area (Å²) in [7, 11) is 0. The van der Waals surface area contributed by atoms with E-state index in [0.717, 1.165) is 71.8 Å². The number of thiophene rings is 1. The molecule has 4 nitrogen and oxygen atoms in total. The molecular formula is C70H41N3OS. The average molecular weight is 972 g/mol. The Labute approximate surface area is 436 Å². The summed E-state index contributed by atoms with van der Waals surface area (Å²) in [4.78, 5) is 16.2. The van der Waals surface area contributed by atoms with Crippen molar-refractivity contribution in [1.29, 1.82) is 0 Å². The van der Waals surface area contributed by atoms with Crippen LogP contribution in [0, 0.1) is 0 Å². The Kier molecular flexibility index (Phi) is 9.09. The van der Waals surface area contributed by atoms with Crippen molar-refractivity contribution in [1.82, 2.24) is 15.0 Å². The Hall–Kier alpha value is -9.55. The molecule has 0 bridgehead atoms. The fourth-order valence-corrected chi connectivity index (χ4v) is 13.7. The van der Waals surface area contributed by atoms with Gasteiger partial charge in [-0.2, -0.15) is 0 Å². The number of hydrogen-bond donors (Lipinski definition) is 0. The van der Waals surface area contributed by atoms with E-state index in [2.05, 4.69) is 231 Å². The van der Waals surface area contributed by atoms with Crippen LogP contribution in [0.4, 0.5) is 0 Å². The minimum absolute atomic E-state index is 0.370. The average Bonchev–Trinajstić information content (AvgIpc) is 4.41. The molecule has 0 fully saturated rings. The number of fused-ring (bicyclic) bond motifs is 16. The third kappa shape index (κ3) is 6.19. The Morgan fingerprint density at radius 1 is 0.280 bits per heavy atom. The third-order valence-corrected chi connectivity index (χ3v) is 16.9. The minimum atomic E-state index is -0.370. The minimum Gasteiger partial charge on any atom is -0.456 e. The van der Waals surface area contributed by atoms with Gasteiger partial charge in [-0.25, -0.2) is 15.0 Å². The highest BCUT2D eigenvalue weighted by Crippen LogP contribution is 2.63. The van der Waals surface area contributed by atoms with Crippen LogP contribution in [-0.2, 0) is 5.41 Å². The standard InChI is InChI=1S/C70H41N3OS/c1-2-17-42(18-3-1)47-21-4-5-25-51(47)67-71-68(73-69(72-67)54-28-16-34-64-66(54)52-26-9-13-33-63(52)75-64)53-27-15-32-62-65(53)56-41-46(36-38-61(56)74-62)44-20-14-19-43(39-44)45-35-37-60-55(40-45)50-24-8-12-31-59(50)70(60)57-29-10-6-22-48(57)49-23-7-11-30-58(49)70/h1-41H. The lowest BCUT2D eigenvalue weighted by Gasteiger charge is -2.30. The molecule has 0 aliphatic heterocycles. The monoisotopic (exact) mass is 971 g/mol. The van der Waals surface area contributed by atoms with Crippen LogP contribution >= 0.6 is 11.3 Å². The van der Waals surface area contributed by atoms with Gasteiger partial charge in [0.05, 0.1) is 5.41 Å². The Morgan fingerprint density at radius 2 is 0.760 bits per heavy atom. The van der Waals surface area contributed by atoms with Crippen LogP contribution in [-0.4, -0.2) is 15.0 Å². The van der Waals surface area contributed by atoms with Crippen molar-refractivity contribution in [2.24, 2.45) is 0 Å². The van der Waals surface area contributed by atoms with Gasteiger partial charge in [0.25, 0.3) is 0 Å². The highest BCUT2D eigenvalue weighted by Gasteiger charge is 2.51. The van der Waals surface area contributed by atoms with Crippen LogP contribution in [0.2, 0.25) is 0 Å². The second kappa shape index (κ2) is 16.2. The van der Waals surface area contributed by atoms with E-state index in [1.165, 1.54) is 64.9 Å². The first-order valence-corrected chi connectivity index (χ1v) is 26.3. The number of benzene rings is 11. The van der Waals surface area contributed by atoms with Gasteiger partial charge in [0.15, 0.2) is 17.5 Å². The Balaban J connectivity index is 0.843. The normalized spacial score (nSPS) is 12.9. The van der Waals surface area contributed by atoms with Crippen molar-refractivity contribution in [3.63, 3.8) is 0 Å². The zero-order chi connectivity index (χ0) is 49.2. The summed E-state index contributed by atoms with van der Waals surface area (Å²) < 4.78 is 9.11. The molecule has 0 amide bonds. The van der Waals surface area contributed by atoms with Crippen LogP contribution < -0.4 is 0 Å². The fourth-order valence-electron chi connectivity index (χ4n) is 12.6. The summed E-state index contributed by atoms with van der Waals surface area (Å²) in [5.74, 6) is 1.81. The first-order valence-electron chi connectivity index (χ1n) is 25.5. The van der Waals surface area contributed by atoms with Gasteiger partial charge < -0.3 is 4.42 Å². The van der Waals surface area contributed by atoms with E-state index in [-0.39, 0.29) is 5.41 Å². The zero-order valence-corrected chi connectivity index (χ0v) is 41.1. The van der Waals surface area contributed by atoms with Crippen molar-refractivity contribution >= 4 is 53.4 Å². The van der Waals surface area contributed by atoms with Gasteiger partial charge in [0.1, 0.15) is 11.2 Å². The van der Waals surface area contributed by atoms with Crippen LogP contribution in [0.15, 0.2) is 253 Å². The lowest BCUT2D eigenvalue weighted by Crippen LogP contribution is -2.25. The molecule has 14 aromatic rings. The number of rotatable bonds is 6. The second-order valence-corrected chi connectivity index (χ2v) is 20.8. The van der Waals surface area contributed by atoms with Crippen LogP contribution in [0.5, 0.6) is 0 Å². The van der Waals surface area contributed by atoms with E-state index in [1.54, 1.807) is 11.3 Å². The SMILES string of the molecule is c1ccc(-c2ccccc2-c2nc(-c3cccc4oc5ccc(-c6cccc(-c7ccc8c(c7)-c7ccccc7C87c8ccccc8-c8ccccc87)c6)cc5c34)nc(-c3cccc4sc5ccccc5c34)n2)cc1. The molecule has 2 aliphatic carbocycles. The molecule has 3 heterocycles. The molecule has 3 aromatic heterocycles. The van der Waals surface area contributed by atoms with E-state index >= 15 is 0 Å². The van der Waals surface area contributed by atoms with Crippen molar-refractivity contribution in [3.05, 3.63) is 271 Å². The molecule has 0 unspecified atom stereocenters. The Bertz CT molecular complexity index is 4630. The maximum atomic E-state index is 6.69. The molecule has 11 aromatic carbocycles. The van der Waals surface area contributed by atoms with E-state index in [9.17, 15) is 0 Å². The van der Waals surface area contributed by atoms with E-state index < -0.39 is 0 Å². The van der Waals surface area contributed by atoms with E-state index in [1.807, 2.05) is 18.2 Å². The highest BCUT2D eigenvalue weighted by atomic mass is 32.1. The molecule has 2 aliphatic rings. The zero-order valence-electron chi connectivity index (χ0n) is 40.3. The number of nitrogens with zero attached hydrogens (tertiary/aromatic N) is 3. The molecular weight excluding hydrogens is 931 g/mol. The molecule has 5 heteroatoms. The smallest absolute Gasteiger partial charge is 0.164 e. The molecule has 75 heavy (non-hydrogen) atoms. The van der Waals surface area contributed by atoms with Crippen molar-refractivity contribution in [2.75, 3.05) is 0 Å². The number of furan rings is 1. The summed E-state index contributed by atoms with van der Waals surface area (Å²) in [6.45, 7) is 0. The maximum absolute atomic E-state index is 6.69. The van der Waals surface area contributed by atoms with E-state index in [0.29, 0.717) is 17.5 Å². The predicted molar refractivity (Wildman–Crippen MR) is 309 cm³/mol. The van der Waals surface area contributed by atoms with Gasteiger partial charge >= 0.3 is 0 Å². The third-order valence-electron chi connectivity index (χ3n) is 15.8. The van der Waals surface area contributed by atoms with Crippen molar-refractivity contribution in [2.45, 2.75) is 5.41 Å². The summed E-state index contributed by atoms with van der Waals surface area (Å²) in [5.41, 5.74) is 21.3. The van der Waals surface area contributed by atoms with Gasteiger partial charge in [0.2, 0.25) is 0 Å². The largest absolute Gasteiger partial charge is 0.456 e. The molecule has 0 N–H and O–H groups in total. The number of aromatic nitrogens is 3. The second-order valence-electron chi connectivity index (χ2n) is 19.7. The van der Waals surface area contributed by atoms with Gasteiger partial charge in [-0.15, -0.1) is 11.3 Å². The lowest BCUT2D eigenvalue weighted by atomic mass is 9.70. The summed E-state index contributed by atoms with van der Waals surface area (Å²) in [6, 6.07) is 89.7. The maximum Gasteiger partial charge on any atom is 0.164 e. The van der Waals surface area contributed by atoms with Crippen LogP contribution in [0.3, 0.4) is 0 Å². The van der Waals surface area contributed by atoms with E-state index in [4.69, 9.17) is 19.4 Å². The molecule has 16 rings (SSSR count). The van der Waals surface area contributed by atoms with Crippen LogP contribution in [0.25, 0.3) is 132 Å². The number of hydrogen-bond acceptors (Lipinski definition) is 5. The van der Waals surface area contributed by atoms with Gasteiger partial charge in [-0.1, -0.05) is 206 Å². The topological polar surface area (TPSA) is 51.8 Å². The molecule has 0 saturated carbocycles. The highest BCUT2D eigenvalue weighted by molar-refractivity contribution is 7.25. The molecule has 348 valence electrons. The fraction of sp³-hybridized carbons (Fsp3) is 0.0143. The molecule has 0 atom stereocenters. The molecule has 0 saturated heterocycles. The molecule has 0 radical (unpaired) electrons. The first kappa shape index (κ1) is 42.0. The molecule has 1 spiro atoms. The van der Waals surface area contributed by atoms with Crippen molar-refractivity contribution in [3.8, 4) is 89.8 Å². The van der Waals surface area contributed by atoms with Gasteiger partial charge in [-0.3, -0.25) is 0 Å². The summed E-state index contributed by atoms with van der Waals surface area (Å²) in [5, 5.41) is 4.30. The van der Waals surface area contributed by atoms with Crippen molar-refractivity contribution < 1.29 is 4.42 Å². The first-order chi connectivity index (χ1) is 37.2. The van der Waals surface area contributed by atoms with Crippen LogP contribution in [0.1, 0.15) is 22.3 Å². The predicted octanol–water partition coefficient (Wildman–Crippen LogP) is 18.5.